The molecule has 1 N–H and O–H groups in total. The van der Waals surface area contributed by atoms with Crippen LogP contribution in [0.4, 0.5) is 5.69 Å². The molecule has 194 valence electrons. The average Bonchev–Trinajstić information content (AvgIpc) is 3.25. The monoisotopic (exact) mass is 507 g/mol. The quantitative estimate of drug-likeness (QED) is 0.184. The van der Waals surface area contributed by atoms with E-state index in [4.69, 9.17) is 9.47 Å². The molecule has 0 saturated carbocycles. The first kappa shape index (κ1) is 26.6. The minimum atomic E-state index is -0.461. The second kappa shape index (κ2) is 12.2. The summed E-state index contributed by atoms with van der Waals surface area (Å²) in [6.07, 6.45) is 3.61. The lowest BCUT2D eigenvalue weighted by molar-refractivity contribution is -0.112. The highest BCUT2D eigenvalue weighted by Gasteiger charge is 2.14. The molecule has 1 heterocycles. The van der Waals surface area contributed by atoms with Crippen LogP contribution in [0.2, 0.25) is 0 Å². The molecule has 4 rings (SSSR count). The molecule has 38 heavy (non-hydrogen) atoms. The molecule has 0 bridgehead atoms. The highest BCUT2D eigenvalue weighted by atomic mass is 16.5. The number of fused-ring (bicyclic) bond motifs is 1. The van der Waals surface area contributed by atoms with Crippen LogP contribution < -0.4 is 14.8 Å². The van der Waals surface area contributed by atoms with Crippen molar-refractivity contribution in [3.63, 3.8) is 0 Å². The van der Waals surface area contributed by atoms with Gasteiger partial charge in [-0.3, -0.25) is 4.79 Å². The van der Waals surface area contributed by atoms with E-state index in [9.17, 15) is 10.1 Å². The Balaban J connectivity index is 1.53. The summed E-state index contributed by atoms with van der Waals surface area (Å²) in [6.45, 7) is 9.99. The summed E-state index contributed by atoms with van der Waals surface area (Å²) in [5, 5.41) is 13.5. The van der Waals surface area contributed by atoms with Gasteiger partial charge >= 0.3 is 0 Å². The molecule has 0 aliphatic rings. The number of nitriles is 1. The van der Waals surface area contributed by atoms with Gasteiger partial charge in [-0.1, -0.05) is 44.2 Å². The Morgan fingerprint density at radius 3 is 2.55 bits per heavy atom. The number of aryl methyl sites for hydroxylation is 1. The number of rotatable bonds is 10. The molecule has 0 spiro atoms. The third-order valence-electron chi connectivity index (χ3n) is 6.29. The number of carbonyl (C=O) groups excluding carboxylic acids is 1. The van der Waals surface area contributed by atoms with Crippen molar-refractivity contribution in [3.8, 4) is 17.6 Å². The van der Waals surface area contributed by atoms with Gasteiger partial charge in [0.1, 0.15) is 29.7 Å². The van der Waals surface area contributed by atoms with Gasteiger partial charge in [0.05, 0.1) is 13.2 Å². The first-order valence-corrected chi connectivity index (χ1v) is 12.9. The van der Waals surface area contributed by atoms with Gasteiger partial charge in [0.2, 0.25) is 0 Å². The summed E-state index contributed by atoms with van der Waals surface area (Å²) in [6, 6.07) is 23.4. The third-order valence-corrected chi connectivity index (χ3v) is 6.29. The molecule has 0 atom stereocenters. The zero-order valence-electron chi connectivity index (χ0n) is 22.3. The van der Waals surface area contributed by atoms with Crippen molar-refractivity contribution in [2.45, 2.75) is 40.2 Å². The Morgan fingerprint density at radius 2 is 1.84 bits per heavy atom. The summed E-state index contributed by atoms with van der Waals surface area (Å²) in [5.74, 6) is 1.54. The van der Waals surface area contributed by atoms with E-state index in [0.717, 1.165) is 33.5 Å². The number of anilines is 1. The molecule has 6 nitrogen and oxygen atoms in total. The normalized spacial score (nSPS) is 11.4. The predicted octanol–water partition coefficient (Wildman–Crippen LogP) is 7.10. The standard InChI is InChI=1S/C32H33N3O3/c1-5-37-27-13-11-26(12-14-27)34-32(36)24(20-33)19-25-21-35(30-9-7-6-8-29(25)30)16-17-38-31-18-23(4)10-15-28(31)22(2)3/h6-15,18-19,21-22H,5,16-17H2,1-4H3,(H,34,36). The first-order valence-electron chi connectivity index (χ1n) is 12.9. The van der Waals surface area contributed by atoms with Gasteiger partial charge in [0.25, 0.3) is 5.91 Å². The fourth-order valence-electron chi connectivity index (χ4n) is 4.38. The fraction of sp³-hybridized carbons (Fsp3) is 0.250. The molecule has 0 fully saturated rings. The van der Waals surface area contributed by atoms with Crippen LogP contribution in [0.5, 0.6) is 11.5 Å². The number of para-hydroxylation sites is 1. The maximum absolute atomic E-state index is 12.9. The van der Waals surface area contributed by atoms with E-state index in [1.165, 1.54) is 5.56 Å². The maximum atomic E-state index is 12.9. The number of aromatic nitrogens is 1. The summed E-state index contributed by atoms with van der Waals surface area (Å²) < 4.78 is 13.8. The molecule has 6 heteroatoms. The van der Waals surface area contributed by atoms with E-state index in [1.54, 1.807) is 30.3 Å². The van der Waals surface area contributed by atoms with Gasteiger partial charge in [-0.05, 0) is 73.4 Å². The number of amides is 1. The highest BCUT2D eigenvalue weighted by molar-refractivity contribution is 6.10. The van der Waals surface area contributed by atoms with Crippen LogP contribution in [0.3, 0.4) is 0 Å². The van der Waals surface area contributed by atoms with Crippen molar-refractivity contribution in [2.75, 3.05) is 18.5 Å². The van der Waals surface area contributed by atoms with Gasteiger partial charge in [-0.2, -0.15) is 5.26 Å². The lowest BCUT2D eigenvalue weighted by Crippen LogP contribution is -2.13. The average molecular weight is 508 g/mol. The number of nitrogens with zero attached hydrogens (tertiary/aromatic N) is 2. The second-order valence-corrected chi connectivity index (χ2v) is 9.42. The van der Waals surface area contributed by atoms with Crippen LogP contribution in [0, 0.1) is 18.3 Å². The summed E-state index contributed by atoms with van der Waals surface area (Å²) in [5.41, 5.74) is 4.79. The summed E-state index contributed by atoms with van der Waals surface area (Å²) in [4.78, 5) is 12.9. The van der Waals surface area contributed by atoms with Crippen LogP contribution in [0.15, 0.2) is 78.5 Å². The van der Waals surface area contributed by atoms with Crippen LogP contribution in [0.25, 0.3) is 17.0 Å². The fourth-order valence-corrected chi connectivity index (χ4v) is 4.38. The van der Waals surface area contributed by atoms with E-state index in [2.05, 4.69) is 54.9 Å². The number of ether oxygens (including phenoxy) is 2. The van der Waals surface area contributed by atoms with Crippen LogP contribution in [0.1, 0.15) is 43.4 Å². The topological polar surface area (TPSA) is 76.3 Å². The van der Waals surface area contributed by atoms with Crippen LogP contribution >= 0.6 is 0 Å². The smallest absolute Gasteiger partial charge is 0.266 e. The minimum absolute atomic E-state index is 0.0272. The van der Waals surface area contributed by atoms with Gasteiger partial charge in [-0.25, -0.2) is 0 Å². The number of hydrogen-bond acceptors (Lipinski definition) is 4. The lowest BCUT2D eigenvalue weighted by Gasteiger charge is -2.15. The van der Waals surface area contributed by atoms with E-state index < -0.39 is 5.91 Å². The molecule has 0 radical (unpaired) electrons. The first-order chi connectivity index (χ1) is 18.4. The highest BCUT2D eigenvalue weighted by Crippen LogP contribution is 2.28. The molecular formula is C32H33N3O3. The van der Waals surface area contributed by atoms with Crippen molar-refractivity contribution >= 4 is 28.6 Å². The minimum Gasteiger partial charge on any atom is -0.494 e. The number of benzene rings is 3. The zero-order valence-corrected chi connectivity index (χ0v) is 22.3. The largest absolute Gasteiger partial charge is 0.494 e. The SMILES string of the molecule is CCOc1ccc(NC(=O)C(C#N)=Cc2cn(CCOc3cc(C)ccc3C(C)C)c3ccccc23)cc1. The zero-order chi connectivity index (χ0) is 27.1. The van der Waals surface area contributed by atoms with Gasteiger partial charge in [-0.15, -0.1) is 0 Å². The summed E-state index contributed by atoms with van der Waals surface area (Å²) in [7, 11) is 0. The molecule has 0 saturated heterocycles. The number of nitrogens with one attached hydrogen (secondary N) is 1. The van der Waals surface area contributed by atoms with E-state index in [1.807, 2.05) is 37.4 Å². The maximum Gasteiger partial charge on any atom is 0.266 e. The molecule has 0 unspecified atom stereocenters. The van der Waals surface area contributed by atoms with Gasteiger partial charge in [0, 0.05) is 28.4 Å². The predicted molar refractivity (Wildman–Crippen MR) is 153 cm³/mol. The Hall–Kier alpha value is -4.50. The van der Waals surface area contributed by atoms with Crippen molar-refractivity contribution in [1.82, 2.24) is 4.57 Å². The van der Waals surface area contributed by atoms with Crippen molar-refractivity contribution in [3.05, 3.63) is 95.2 Å². The Bertz CT molecular complexity index is 1490. The molecule has 1 amide bonds. The van der Waals surface area contributed by atoms with Crippen molar-refractivity contribution in [1.29, 1.82) is 5.26 Å². The lowest BCUT2D eigenvalue weighted by atomic mass is 10.0. The molecule has 1 aromatic heterocycles. The third kappa shape index (κ3) is 6.24. The number of hydrogen-bond donors (Lipinski definition) is 1. The van der Waals surface area contributed by atoms with E-state index >= 15 is 0 Å². The summed E-state index contributed by atoms with van der Waals surface area (Å²) >= 11 is 0. The van der Waals surface area contributed by atoms with Crippen LogP contribution in [-0.2, 0) is 11.3 Å². The van der Waals surface area contributed by atoms with E-state index in [0.29, 0.717) is 31.4 Å². The molecule has 0 aliphatic heterocycles. The molecular weight excluding hydrogens is 474 g/mol. The molecule has 3 aromatic carbocycles. The van der Waals surface area contributed by atoms with Gasteiger partial charge in [0.15, 0.2) is 0 Å². The molecule has 0 aliphatic carbocycles. The van der Waals surface area contributed by atoms with Crippen molar-refractivity contribution < 1.29 is 14.3 Å². The Kier molecular flexibility index (Phi) is 8.50. The second-order valence-electron chi connectivity index (χ2n) is 9.42. The Labute approximate surface area is 224 Å². The van der Waals surface area contributed by atoms with E-state index in [-0.39, 0.29) is 5.57 Å². The van der Waals surface area contributed by atoms with Crippen molar-refractivity contribution in [2.24, 2.45) is 0 Å². The molecule has 4 aromatic rings. The Morgan fingerprint density at radius 1 is 1.08 bits per heavy atom. The van der Waals surface area contributed by atoms with Crippen LogP contribution in [-0.4, -0.2) is 23.7 Å². The van der Waals surface area contributed by atoms with Gasteiger partial charge < -0.3 is 19.4 Å². The number of carbonyl (C=O) groups is 1.